The Hall–Kier alpha value is -1.82. The van der Waals surface area contributed by atoms with Gasteiger partial charge in [0.25, 0.3) is 0 Å². The quantitative estimate of drug-likeness (QED) is 0.719. The van der Waals surface area contributed by atoms with E-state index in [9.17, 15) is 8.42 Å². The van der Waals surface area contributed by atoms with Gasteiger partial charge >= 0.3 is 10.0 Å². The zero-order chi connectivity index (χ0) is 10.9. The highest BCUT2D eigenvalue weighted by Gasteiger charge is 2.25. The largest absolute Gasteiger partial charge is 0.508 e. The monoisotopic (exact) mass is 225 g/mol. The molecule has 6 heteroatoms. The fourth-order valence-corrected chi connectivity index (χ4v) is 2.30. The molecular weight excluding hydrogens is 216 g/mol. The van der Waals surface area contributed by atoms with Crippen LogP contribution in [0, 0.1) is 0 Å². The first-order valence-corrected chi connectivity index (χ1v) is 5.64. The maximum Gasteiger partial charge on any atom is 0.421 e. The lowest BCUT2D eigenvalue weighted by molar-refractivity contribution is -0.575. The van der Waals surface area contributed by atoms with Crippen LogP contribution in [-0.2, 0) is 10.0 Å². The molecule has 0 bridgehead atoms. The van der Waals surface area contributed by atoms with Crippen molar-refractivity contribution >= 4 is 10.0 Å². The molecule has 0 saturated carbocycles. The lowest BCUT2D eigenvalue weighted by atomic mass is 10.3. The normalized spacial score (nSPS) is 11.5. The van der Waals surface area contributed by atoms with Crippen LogP contribution in [0.2, 0.25) is 0 Å². The summed E-state index contributed by atoms with van der Waals surface area (Å²) in [5, 5.41) is 11.6. The molecule has 0 aliphatic rings. The number of hydrogen-bond acceptors (Lipinski definition) is 3. The van der Waals surface area contributed by atoms with Gasteiger partial charge in [0.05, 0.1) is 6.20 Å². The summed E-state index contributed by atoms with van der Waals surface area (Å²) >= 11 is 0. The summed E-state index contributed by atoms with van der Waals surface area (Å²) in [6, 6.07) is 6.93. The molecular formula is C9H9N2O3S+. The molecule has 1 aromatic heterocycles. The van der Waals surface area contributed by atoms with Gasteiger partial charge < -0.3 is 5.11 Å². The third-order valence-corrected chi connectivity index (χ3v) is 3.53. The molecule has 15 heavy (non-hydrogen) atoms. The highest BCUT2D eigenvalue weighted by atomic mass is 32.2. The molecule has 0 atom stereocenters. The Morgan fingerprint density at radius 2 is 1.87 bits per heavy atom. The average Bonchev–Trinajstić information content (AvgIpc) is 2.71. The minimum Gasteiger partial charge on any atom is -0.508 e. The first-order valence-electron chi connectivity index (χ1n) is 4.20. The number of aromatic nitrogens is 2. The van der Waals surface area contributed by atoms with Gasteiger partial charge in [0.1, 0.15) is 10.6 Å². The number of nitrogens with one attached hydrogen (secondary N) is 1. The molecule has 0 unspecified atom stereocenters. The van der Waals surface area contributed by atoms with E-state index in [4.69, 9.17) is 5.11 Å². The second-order valence-corrected chi connectivity index (χ2v) is 4.75. The Labute approximate surface area is 86.7 Å². The number of aromatic amines is 1. The van der Waals surface area contributed by atoms with E-state index in [-0.39, 0.29) is 10.6 Å². The summed E-state index contributed by atoms with van der Waals surface area (Å²) in [5.41, 5.74) is 0. The summed E-state index contributed by atoms with van der Waals surface area (Å²) in [6.07, 6.45) is 2.92. The number of benzene rings is 1. The average molecular weight is 225 g/mol. The van der Waals surface area contributed by atoms with E-state index >= 15 is 0 Å². The molecule has 2 aromatic rings. The molecule has 2 rings (SSSR count). The lowest BCUT2D eigenvalue weighted by Crippen LogP contribution is -2.43. The van der Waals surface area contributed by atoms with Crippen molar-refractivity contribution in [1.29, 1.82) is 0 Å². The van der Waals surface area contributed by atoms with Gasteiger partial charge in [-0.3, -0.25) is 0 Å². The first kappa shape index (κ1) is 9.72. The van der Waals surface area contributed by atoms with Crippen molar-refractivity contribution in [2.45, 2.75) is 4.90 Å². The number of phenols is 1. The molecule has 78 valence electrons. The van der Waals surface area contributed by atoms with E-state index in [0.29, 0.717) is 0 Å². The van der Waals surface area contributed by atoms with Crippen molar-refractivity contribution in [2.75, 3.05) is 0 Å². The topological polar surface area (TPSA) is 74.0 Å². The summed E-state index contributed by atoms with van der Waals surface area (Å²) in [7, 11) is -3.56. The van der Waals surface area contributed by atoms with Crippen molar-refractivity contribution < 1.29 is 17.6 Å². The molecule has 2 N–H and O–H groups in total. The van der Waals surface area contributed by atoms with E-state index in [1.165, 1.54) is 36.7 Å². The Morgan fingerprint density at radius 1 is 1.20 bits per heavy atom. The summed E-state index contributed by atoms with van der Waals surface area (Å²) in [5.74, 6) is 0.0328. The van der Waals surface area contributed by atoms with Crippen molar-refractivity contribution in [3.63, 3.8) is 0 Å². The predicted molar refractivity (Wildman–Crippen MR) is 51.7 cm³/mol. The molecule has 0 saturated heterocycles. The van der Waals surface area contributed by atoms with Gasteiger partial charge in [-0.15, -0.1) is 0 Å². The highest BCUT2D eigenvalue weighted by molar-refractivity contribution is 7.84. The first-order chi connectivity index (χ1) is 7.10. The van der Waals surface area contributed by atoms with Crippen LogP contribution in [0.3, 0.4) is 0 Å². The van der Waals surface area contributed by atoms with Crippen LogP contribution in [0.15, 0.2) is 47.6 Å². The van der Waals surface area contributed by atoms with Crippen molar-refractivity contribution in [1.82, 2.24) is 5.10 Å². The maximum absolute atomic E-state index is 11.9. The molecule has 0 aliphatic heterocycles. The van der Waals surface area contributed by atoms with E-state index in [1.807, 2.05) is 0 Å². The predicted octanol–water partition coefficient (Wildman–Crippen LogP) is 0.245. The molecule has 0 amide bonds. The maximum atomic E-state index is 11.9. The Kier molecular flexibility index (Phi) is 2.20. The summed E-state index contributed by atoms with van der Waals surface area (Å²) < 4.78 is 24.7. The molecule has 0 aliphatic carbocycles. The van der Waals surface area contributed by atoms with E-state index in [1.54, 1.807) is 6.07 Å². The van der Waals surface area contributed by atoms with E-state index < -0.39 is 10.0 Å². The summed E-state index contributed by atoms with van der Waals surface area (Å²) in [4.78, 5) is 0.118. The van der Waals surface area contributed by atoms with Gasteiger partial charge in [0.2, 0.25) is 6.20 Å². The Morgan fingerprint density at radius 3 is 2.40 bits per heavy atom. The minimum atomic E-state index is -3.56. The Bertz CT molecular complexity index is 544. The number of nitrogens with zero attached hydrogens (tertiary/aromatic N) is 1. The number of hydrogen-bond donors (Lipinski definition) is 2. The molecule has 1 aromatic carbocycles. The standard InChI is InChI=1S/C9H8N2O3S/c12-8-2-4-9(5-3-8)15(13,14)11-7-1-6-10-11/h1-7,12H/p+1. The minimum absolute atomic E-state index is 0.0328. The van der Waals surface area contributed by atoms with Crippen LogP contribution >= 0.6 is 0 Å². The zero-order valence-corrected chi connectivity index (χ0v) is 8.48. The van der Waals surface area contributed by atoms with E-state index in [0.717, 1.165) is 4.09 Å². The van der Waals surface area contributed by atoms with Gasteiger partial charge in [-0.05, 0) is 24.3 Å². The molecule has 0 radical (unpaired) electrons. The van der Waals surface area contributed by atoms with Gasteiger partial charge in [-0.25, -0.2) is 0 Å². The number of rotatable bonds is 2. The lowest BCUT2D eigenvalue weighted by Gasteiger charge is -1.96. The Balaban J connectivity index is 2.52. The number of aromatic hydroxyl groups is 1. The third-order valence-electron chi connectivity index (χ3n) is 1.91. The second-order valence-electron chi connectivity index (χ2n) is 2.93. The number of phenolic OH excluding ortho intramolecular Hbond substituents is 1. The molecule has 5 nitrogen and oxygen atoms in total. The van der Waals surface area contributed by atoms with Crippen LogP contribution in [0.25, 0.3) is 0 Å². The van der Waals surface area contributed by atoms with Crippen LogP contribution < -0.4 is 4.09 Å². The molecule has 0 fully saturated rings. The fourth-order valence-electron chi connectivity index (χ4n) is 1.16. The number of H-pyrrole nitrogens is 1. The van der Waals surface area contributed by atoms with Gasteiger partial charge in [0, 0.05) is 10.2 Å². The molecule has 1 heterocycles. The smallest absolute Gasteiger partial charge is 0.421 e. The van der Waals surface area contributed by atoms with Gasteiger partial charge in [-0.1, -0.05) is 0 Å². The van der Waals surface area contributed by atoms with Crippen LogP contribution in [0.4, 0.5) is 0 Å². The van der Waals surface area contributed by atoms with E-state index in [2.05, 4.69) is 5.10 Å². The summed E-state index contributed by atoms with van der Waals surface area (Å²) in [6.45, 7) is 0. The second kappa shape index (κ2) is 3.39. The third kappa shape index (κ3) is 1.71. The van der Waals surface area contributed by atoms with Gasteiger partial charge in [0.15, 0.2) is 0 Å². The highest BCUT2D eigenvalue weighted by Crippen LogP contribution is 2.13. The van der Waals surface area contributed by atoms with Crippen LogP contribution in [0.5, 0.6) is 5.75 Å². The van der Waals surface area contributed by atoms with Gasteiger partial charge in [-0.2, -0.15) is 13.5 Å². The van der Waals surface area contributed by atoms with Crippen molar-refractivity contribution in [2.24, 2.45) is 0 Å². The van der Waals surface area contributed by atoms with Crippen LogP contribution in [-0.4, -0.2) is 18.6 Å². The SMILES string of the molecule is O=S(=O)(c1ccc(O)cc1)[n+]1ccc[nH]1. The van der Waals surface area contributed by atoms with Crippen molar-refractivity contribution in [3.8, 4) is 5.75 Å². The molecule has 0 spiro atoms. The fraction of sp³-hybridized carbons (Fsp3) is 0. The van der Waals surface area contributed by atoms with Crippen molar-refractivity contribution in [3.05, 3.63) is 42.7 Å². The van der Waals surface area contributed by atoms with Crippen LogP contribution in [0.1, 0.15) is 0 Å². The zero-order valence-electron chi connectivity index (χ0n) is 7.66.